The fraction of sp³-hybridized carbons (Fsp3) is 0.429. The van der Waals surface area contributed by atoms with Gasteiger partial charge in [-0.1, -0.05) is 13.3 Å². The molecule has 0 fully saturated rings. The van der Waals surface area contributed by atoms with Crippen molar-refractivity contribution >= 4 is 11.8 Å². The number of carbonyl (C=O) groups excluding carboxylic acids is 2. The monoisotopic (exact) mass is 250 g/mol. The number of benzene rings is 1. The maximum Gasteiger partial charge on any atom is 0.379 e. The van der Waals surface area contributed by atoms with E-state index in [2.05, 4.69) is 11.7 Å². The summed E-state index contributed by atoms with van der Waals surface area (Å²) in [6, 6.07) is 6.51. The highest BCUT2D eigenvalue weighted by molar-refractivity contribution is 6.40. The van der Waals surface area contributed by atoms with Gasteiger partial charge in [-0.15, -0.1) is 0 Å². The second-order valence-corrected chi connectivity index (χ2v) is 3.78. The topological polar surface area (TPSA) is 52.6 Å². The highest BCUT2D eigenvalue weighted by Gasteiger charge is 2.16. The van der Waals surface area contributed by atoms with Gasteiger partial charge >= 0.3 is 5.97 Å². The number of ketones is 1. The summed E-state index contributed by atoms with van der Waals surface area (Å²) < 4.78 is 10.1. The number of unbranched alkanes of at least 4 members (excludes halogenated alkanes) is 1. The van der Waals surface area contributed by atoms with E-state index in [1.807, 2.05) is 0 Å². The zero-order chi connectivity index (χ0) is 13.4. The molecule has 0 saturated carbocycles. The number of rotatable bonds is 7. The summed E-state index contributed by atoms with van der Waals surface area (Å²) in [5.74, 6) is -0.752. The highest BCUT2D eigenvalue weighted by Crippen LogP contribution is 2.13. The Balaban J connectivity index is 2.59. The Labute approximate surface area is 107 Å². The van der Waals surface area contributed by atoms with E-state index in [-0.39, 0.29) is 6.61 Å². The van der Waals surface area contributed by atoms with Gasteiger partial charge in [-0.3, -0.25) is 4.79 Å². The Hall–Kier alpha value is -1.84. The maximum absolute atomic E-state index is 11.6. The first-order valence-electron chi connectivity index (χ1n) is 6.13. The lowest BCUT2D eigenvalue weighted by Crippen LogP contribution is -2.17. The summed E-state index contributed by atoms with van der Waals surface area (Å²) in [6.07, 6.45) is 2.06. The predicted octanol–water partition coefficient (Wildman–Crippen LogP) is 2.61. The van der Waals surface area contributed by atoms with Crippen LogP contribution < -0.4 is 4.74 Å². The molecule has 0 aromatic heterocycles. The minimum Gasteiger partial charge on any atom is -0.494 e. The minimum absolute atomic E-state index is 0.197. The van der Waals surface area contributed by atoms with Gasteiger partial charge in [0.05, 0.1) is 13.2 Å². The molecular formula is C14H18O4. The Morgan fingerprint density at radius 1 is 1.11 bits per heavy atom. The standard InChI is InChI=1S/C14H18O4/c1-3-5-10-18-12-8-6-11(7-9-12)13(15)14(16)17-4-2/h6-9H,3-5,10H2,1-2H3. The van der Waals surface area contributed by atoms with Crippen LogP contribution in [0.5, 0.6) is 5.75 Å². The predicted molar refractivity (Wildman–Crippen MR) is 67.8 cm³/mol. The molecule has 0 unspecified atom stereocenters. The number of esters is 1. The van der Waals surface area contributed by atoms with E-state index in [1.54, 1.807) is 31.2 Å². The summed E-state index contributed by atoms with van der Waals surface area (Å²) in [5, 5.41) is 0. The third-order valence-electron chi connectivity index (χ3n) is 2.34. The Morgan fingerprint density at radius 2 is 1.78 bits per heavy atom. The van der Waals surface area contributed by atoms with E-state index in [0.717, 1.165) is 12.8 Å². The second kappa shape index (κ2) is 7.48. The molecular weight excluding hydrogens is 232 g/mol. The van der Waals surface area contributed by atoms with Gasteiger partial charge in [-0.2, -0.15) is 0 Å². The van der Waals surface area contributed by atoms with E-state index < -0.39 is 11.8 Å². The summed E-state index contributed by atoms with van der Waals surface area (Å²) >= 11 is 0. The molecule has 1 aromatic rings. The molecule has 1 rings (SSSR count). The zero-order valence-electron chi connectivity index (χ0n) is 10.8. The van der Waals surface area contributed by atoms with Gasteiger partial charge in [-0.05, 0) is 37.6 Å². The quantitative estimate of drug-likeness (QED) is 0.323. The lowest BCUT2D eigenvalue weighted by Gasteiger charge is -2.06. The van der Waals surface area contributed by atoms with Gasteiger partial charge in [0.2, 0.25) is 0 Å². The lowest BCUT2D eigenvalue weighted by molar-refractivity contribution is -0.137. The molecule has 0 aliphatic rings. The summed E-state index contributed by atoms with van der Waals surface area (Å²) in [5.41, 5.74) is 0.316. The van der Waals surface area contributed by atoms with Crippen LogP contribution in [0.3, 0.4) is 0 Å². The van der Waals surface area contributed by atoms with Crippen LogP contribution in [0.4, 0.5) is 0 Å². The van der Waals surface area contributed by atoms with E-state index in [4.69, 9.17) is 4.74 Å². The van der Waals surface area contributed by atoms with Crippen molar-refractivity contribution in [3.05, 3.63) is 29.8 Å². The van der Waals surface area contributed by atoms with E-state index in [1.165, 1.54) is 0 Å². The molecule has 0 radical (unpaired) electrons. The van der Waals surface area contributed by atoms with Gasteiger partial charge in [0.1, 0.15) is 5.75 Å². The van der Waals surface area contributed by atoms with Crippen molar-refractivity contribution in [1.29, 1.82) is 0 Å². The highest BCUT2D eigenvalue weighted by atomic mass is 16.5. The van der Waals surface area contributed by atoms with Crippen LogP contribution in [0.25, 0.3) is 0 Å². The third kappa shape index (κ3) is 4.20. The van der Waals surface area contributed by atoms with Gasteiger partial charge in [0.25, 0.3) is 5.78 Å². The van der Waals surface area contributed by atoms with E-state index >= 15 is 0 Å². The van der Waals surface area contributed by atoms with E-state index in [0.29, 0.717) is 17.9 Å². The number of ether oxygens (including phenoxy) is 2. The number of hydrogen-bond acceptors (Lipinski definition) is 4. The summed E-state index contributed by atoms with van der Waals surface area (Å²) in [7, 11) is 0. The average molecular weight is 250 g/mol. The fourth-order valence-electron chi connectivity index (χ4n) is 1.35. The molecule has 0 atom stereocenters. The first-order chi connectivity index (χ1) is 8.69. The summed E-state index contributed by atoms with van der Waals surface area (Å²) in [6.45, 7) is 4.60. The van der Waals surface area contributed by atoms with Crippen LogP contribution in [0.2, 0.25) is 0 Å². The SMILES string of the molecule is CCCCOc1ccc(C(=O)C(=O)OCC)cc1. The largest absolute Gasteiger partial charge is 0.494 e. The fourth-order valence-corrected chi connectivity index (χ4v) is 1.35. The lowest BCUT2D eigenvalue weighted by atomic mass is 10.1. The molecule has 0 heterocycles. The second-order valence-electron chi connectivity index (χ2n) is 3.78. The van der Waals surface area contributed by atoms with Gasteiger partial charge in [0.15, 0.2) is 0 Å². The molecule has 4 nitrogen and oxygen atoms in total. The van der Waals surface area contributed by atoms with Crippen molar-refractivity contribution in [1.82, 2.24) is 0 Å². The van der Waals surface area contributed by atoms with Crippen molar-refractivity contribution in [3.63, 3.8) is 0 Å². The van der Waals surface area contributed by atoms with Crippen LogP contribution in [0.15, 0.2) is 24.3 Å². The van der Waals surface area contributed by atoms with Crippen LogP contribution in [0, 0.1) is 0 Å². The number of hydrogen-bond donors (Lipinski definition) is 0. The maximum atomic E-state index is 11.6. The Morgan fingerprint density at radius 3 is 2.33 bits per heavy atom. The van der Waals surface area contributed by atoms with Crippen LogP contribution in [0.1, 0.15) is 37.0 Å². The van der Waals surface area contributed by atoms with Gasteiger partial charge in [0, 0.05) is 5.56 Å². The van der Waals surface area contributed by atoms with Crippen LogP contribution >= 0.6 is 0 Å². The van der Waals surface area contributed by atoms with Crippen molar-refractivity contribution in [2.24, 2.45) is 0 Å². The first-order valence-corrected chi connectivity index (χ1v) is 6.13. The molecule has 0 spiro atoms. The smallest absolute Gasteiger partial charge is 0.379 e. The molecule has 1 aromatic carbocycles. The number of carbonyl (C=O) groups is 2. The molecule has 18 heavy (non-hydrogen) atoms. The van der Waals surface area contributed by atoms with Crippen molar-refractivity contribution in [3.8, 4) is 5.75 Å². The Bertz CT molecular complexity index is 395. The molecule has 0 aliphatic carbocycles. The summed E-state index contributed by atoms with van der Waals surface area (Å²) in [4.78, 5) is 22.8. The molecule has 98 valence electrons. The minimum atomic E-state index is -0.822. The van der Waals surface area contributed by atoms with Crippen molar-refractivity contribution < 1.29 is 19.1 Å². The van der Waals surface area contributed by atoms with Crippen molar-refractivity contribution in [2.45, 2.75) is 26.7 Å². The zero-order valence-corrected chi connectivity index (χ0v) is 10.8. The number of Topliss-reactive ketones (excluding diaryl/α,β-unsaturated/α-hetero) is 1. The van der Waals surface area contributed by atoms with Gasteiger partial charge < -0.3 is 9.47 Å². The van der Waals surface area contributed by atoms with Crippen molar-refractivity contribution in [2.75, 3.05) is 13.2 Å². The molecule has 0 bridgehead atoms. The van der Waals surface area contributed by atoms with Crippen LogP contribution in [-0.2, 0) is 9.53 Å². The average Bonchev–Trinajstić information content (AvgIpc) is 2.39. The molecule has 4 heteroatoms. The normalized spacial score (nSPS) is 9.89. The molecule has 0 aliphatic heterocycles. The first kappa shape index (κ1) is 14.2. The van der Waals surface area contributed by atoms with Crippen LogP contribution in [-0.4, -0.2) is 25.0 Å². The molecule has 0 amide bonds. The Kier molecular flexibility index (Phi) is 5.91. The molecule has 0 N–H and O–H groups in total. The molecule has 0 saturated heterocycles. The third-order valence-corrected chi connectivity index (χ3v) is 2.34. The van der Waals surface area contributed by atoms with E-state index in [9.17, 15) is 9.59 Å². The van der Waals surface area contributed by atoms with Gasteiger partial charge in [-0.25, -0.2) is 4.79 Å².